The average Bonchev–Trinajstić information content (AvgIpc) is 3.24. The molecule has 0 amide bonds. The van der Waals surface area contributed by atoms with E-state index in [9.17, 15) is 9.90 Å². The van der Waals surface area contributed by atoms with Crippen molar-refractivity contribution in [2.45, 2.75) is 26.2 Å². The van der Waals surface area contributed by atoms with Gasteiger partial charge in [-0.15, -0.1) is 0 Å². The van der Waals surface area contributed by atoms with Gasteiger partial charge < -0.3 is 20.5 Å². The number of para-hydroxylation sites is 1. The number of carbonyl (C=O) groups is 1. The molecule has 5 nitrogen and oxygen atoms in total. The van der Waals surface area contributed by atoms with Crippen molar-refractivity contribution in [1.29, 1.82) is 0 Å². The van der Waals surface area contributed by atoms with Crippen LogP contribution < -0.4 is 15.4 Å². The quantitative estimate of drug-likeness (QED) is 0.333. The molecular formula is C23H26N2O3S. The van der Waals surface area contributed by atoms with E-state index in [0.717, 1.165) is 25.8 Å². The number of benzene rings is 2. The van der Waals surface area contributed by atoms with Crippen LogP contribution in [0.15, 0.2) is 59.3 Å². The summed E-state index contributed by atoms with van der Waals surface area (Å²) in [6, 6.07) is 14.9. The zero-order chi connectivity index (χ0) is 20.5. The number of aromatic carboxylic acids is 1. The summed E-state index contributed by atoms with van der Waals surface area (Å²) in [5.41, 5.74) is 2.83. The molecule has 0 aliphatic carbocycles. The van der Waals surface area contributed by atoms with Gasteiger partial charge >= 0.3 is 5.97 Å². The lowest BCUT2D eigenvalue weighted by Gasteiger charge is -2.19. The SMILES string of the molecule is CCCCNc1cc(C(=O)O)cc(NCCc2ccsc2)c1Oc1ccccc1. The molecule has 29 heavy (non-hydrogen) atoms. The number of hydrogen-bond donors (Lipinski definition) is 3. The summed E-state index contributed by atoms with van der Waals surface area (Å²) in [5.74, 6) is 0.355. The summed E-state index contributed by atoms with van der Waals surface area (Å²) in [7, 11) is 0. The number of hydrogen-bond acceptors (Lipinski definition) is 5. The first-order valence-electron chi connectivity index (χ1n) is 9.80. The maximum absolute atomic E-state index is 11.7. The molecule has 0 saturated heterocycles. The lowest BCUT2D eigenvalue weighted by Crippen LogP contribution is -2.10. The van der Waals surface area contributed by atoms with Crippen molar-refractivity contribution >= 4 is 28.7 Å². The first kappa shape index (κ1) is 20.7. The van der Waals surface area contributed by atoms with Crippen LogP contribution in [0, 0.1) is 0 Å². The number of nitrogens with one attached hydrogen (secondary N) is 2. The Morgan fingerprint density at radius 3 is 2.41 bits per heavy atom. The second-order valence-electron chi connectivity index (χ2n) is 6.71. The zero-order valence-electron chi connectivity index (χ0n) is 16.5. The summed E-state index contributed by atoms with van der Waals surface area (Å²) >= 11 is 1.67. The monoisotopic (exact) mass is 410 g/mol. The molecule has 1 aromatic heterocycles. The lowest BCUT2D eigenvalue weighted by atomic mass is 10.1. The molecule has 2 aromatic carbocycles. The summed E-state index contributed by atoms with van der Waals surface area (Å²) in [5, 5.41) is 20.5. The standard InChI is InChI=1S/C23H26N2O3S/c1-2-3-11-24-20-14-18(23(26)27)15-21(25-12-9-17-10-13-29-16-17)22(20)28-19-7-5-4-6-8-19/h4-8,10,13-16,24-25H,2-3,9,11-12H2,1H3,(H,26,27). The topological polar surface area (TPSA) is 70.6 Å². The molecule has 0 aliphatic heterocycles. The van der Waals surface area contributed by atoms with Gasteiger partial charge in [0.2, 0.25) is 0 Å². The van der Waals surface area contributed by atoms with E-state index in [4.69, 9.17) is 4.74 Å². The van der Waals surface area contributed by atoms with Gasteiger partial charge in [-0.2, -0.15) is 11.3 Å². The molecule has 0 unspecified atom stereocenters. The predicted molar refractivity (Wildman–Crippen MR) is 120 cm³/mol. The van der Waals surface area contributed by atoms with E-state index >= 15 is 0 Å². The second kappa shape index (κ2) is 10.5. The van der Waals surface area contributed by atoms with Crippen LogP contribution >= 0.6 is 11.3 Å². The van der Waals surface area contributed by atoms with E-state index in [0.29, 0.717) is 29.4 Å². The number of rotatable bonds is 11. The summed E-state index contributed by atoms with van der Waals surface area (Å²) in [4.78, 5) is 11.7. The molecule has 3 aromatic rings. The molecule has 0 bridgehead atoms. The maximum Gasteiger partial charge on any atom is 0.335 e. The Bertz CT molecular complexity index is 911. The van der Waals surface area contributed by atoms with Gasteiger partial charge in [0, 0.05) is 13.1 Å². The highest BCUT2D eigenvalue weighted by Crippen LogP contribution is 2.38. The molecule has 0 aliphatic rings. The highest BCUT2D eigenvalue weighted by Gasteiger charge is 2.16. The Labute approximate surface area is 175 Å². The molecule has 0 saturated carbocycles. The molecule has 3 N–H and O–H groups in total. The number of ether oxygens (including phenoxy) is 1. The normalized spacial score (nSPS) is 10.5. The van der Waals surface area contributed by atoms with E-state index in [-0.39, 0.29) is 5.56 Å². The largest absolute Gasteiger partial charge is 0.478 e. The fourth-order valence-electron chi connectivity index (χ4n) is 2.91. The van der Waals surface area contributed by atoms with E-state index < -0.39 is 5.97 Å². The van der Waals surface area contributed by atoms with Crippen molar-refractivity contribution in [3.8, 4) is 11.5 Å². The average molecular weight is 411 g/mol. The van der Waals surface area contributed by atoms with E-state index in [2.05, 4.69) is 34.4 Å². The predicted octanol–water partition coefficient (Wildman–Crippen LogP) is 6.11. The van der Waals surface area contributed by atoms with Crippen LogP contribution in [0.5, 0.6) is 11.5 Å². The van der Waals surface area contributed by atoms with Gasteiger partial charge in [0.1, 0.15) is 5.75 Å². The molecule has 152 valence electrons. The minimum absolute atomic E-state index is 0.224. The van der Waals surface area contributed by atoms with Gasteiger partial charge in [-0.3, -0.25) is 0 Å². The Morgan fingerprint density at radius 2 is 1.79 bits per heavy atom. The lowest BCUT2D eigenvalue weighted by molar-refractivity contribution is 0.0697. The van der Waals surface area contributed by atoms with E-state index in [1.807, 2.05) is 30.3 Å². The number of unbranched alkanes of at least 4 members (excludes halogenated alkanes) is 1. The van der Waals surface area contributed by atoms with Crippen molar-refractivity contribution in [2.75, 3.05) is 23.7 Å². The Kier molecular flexibility index (Phi) is 7.53. The van der Waals surface area contributed by atoms with Crippen LogP contribution in [-0.4, -0.2) is 24.2 Å². The minimum Gasteiger partial charge on any atom is -0.478 e. The van der Waals surface area contributed by atoms with E-state index in [1.165, 1.54) is 5.56 Å². The number of carboxylic acid groups (broad SMARTS) is 1. The smallest absolute Gasteiger partial charge is 0.335 e. The van der Waals surface area contributed by atoms with Crippen LogP contribution in [-0.2, 0) is 6.42 Å². The highest BCUT2D eigenvalue weighted by molar-refractivity contribution is 7.07. The molecular weight excluding hydrogens is 384 g/mol. The zero-order valence-corrected chi connectivity index (χ0v) is 17.3. The van der Waals surface area contributed by atoms with Crippen LogP contribution in [0.4, 0.5) is 11.4 Å². The fourth-order valence-corrected chi connectivity index (χ4v) is 3.61. The molecule has 6 heteroatoms. The third-order valence-electron chi connectivity index (χ3n) is 4.45. The Hall–Kier alpha value is -2.99. The Morgan fingerprint density at radius 1 is 1.07 bits per heavy atom. The van der Waals surface area contributed by atoms with E-state index in [1.54, 1.807) is 23.5 Å². The summed E-state index contributed by atoms with van der Waals surface area (Å²) in [6.45, 7) is 3.55. The molecule has 3 rings (SSSR count). The first-order valence-corrected chi connectivity index (χ1v) is 10.7. The van der Waals surface area contributed by atoms with Gasteiger partial charge in [-0.25, -0.2) is 4.79 Å². The first-order chi connectivity index (χ1) is 14.2. The van der Waals surface area contributed by atoms with Crippen LogP contribution in [0.25, 0.3) is 0 Å². The van der Waals surface area contributed by atoms with Crippen LogP contribution in [0.2, 0.25) is 0 Å². The van der Waals surface area contributed by atoms with Crippen molar-refractivity contribution in [2.24, 2.45) is 0 Å². The van der Waals surface area contributed by atoms with Crippen molar-refractivity contribution in [1.82, 2.24) is 0 Å². The fraction of sp³-hybridized carbons (Fsp3) is 0.261. The highest BCUT2D eigenvalue weighted by atomic mass is 32.1. The van der Waals surface area contributed by atoms with Crippen molar-refractivity contribution in [3.05, 3.63) is 70.4 Å². The van der Waals surface area contributed by atoms with Gasteiger partial charge in [-0.1, -0.05) is 31.5 Å². The van der Waals surface area contributed by atoms with Crippen LogP contribution in [0.3, 0.4) is 0 Å². The minimum atomic E-state index is -0.962. The van der Waals surface area contributed by atoms with Gasteiger partial charge in [-0.05, 0) is 59.5 Å². The summed E-state index contributed by atoms with van der Waals surface area (Å²) in [6.07, 6.45) is 2.89. The third kappa shape index (κ3) is 5.99. The molecule has 0 radical (unpaired) electrons. The van der Waals surface area contributed by atoms with Gasteiger partial charge in [0.15, 0.2) is 5.75 Å². The number of thiophene rings is 1. The molecule has 1 heterocycles. The number of anilines is 2. The molecule has 0 spiro atoms. The van der Waals surface area contributed by atoms with Crippen LogP contribution in [0.1, 0.15) is 35.7 Å². The van der Waals surface area contributed by atoms with Gasteiger partial charge in [0.25, 0.3) is 0 Å². The van der Waals surface area contributed by atoms with Crippen molar-refractivity contribution < 1.29 is 14.6 Å². The Balaban J connectivity index is 1.90. The second-order valence-corrected chi connectivity index (χ2v) is 7.49. The molecule has 0 atom stereocenters. The maximum atomic E-state index is 11.7. The summed E-state index contributed by atoms with van der Waals surface area (Å²) < 4.78 is 6.18. The third-order valence-corrected chi connectivity index (χ3v) is 5.19. The van der Waals surface area contributed by atoms with Crippen molar-refractivity contribution in [3.63, 3.8) is 0 Å². The van der Waals surface area contributed by atoms with Gasteiger partial charge in [0.05, 0.1) is 16.9 Å². The number of carboxylic acids is 1. The molecule has 0 fully saturated rings.